The Kier molecular flexibility index (Phi) is 5.73. The minimum absolute atomic E-state index is 0.0194. The van der Waals surface area contributed by atoms with Crippen molar-refractivity contribution in [2.24, 2.45) is 14.1 Å². The summed E-state index contributed by atoms with van der Waals surface area (Å²) in [6.07, 6.45) is 1.61. The second-order valence-electron chi connectivity index (χ2n) is 7.39. The molecule has 8 heteroatoms. The molecule has 0 radical (unpaired) electrons. The molecule has 0 aliphatic rings. The topological polar surface area (TPSA) is 83.1 Å². The van der Waals surface area contributed by atoms with Gasteiger partial charge < -0.3 is 14.6 Å². The van der Waals surface area contributed by atoms with Gasteiger partial charge in [-0.05, 0) is 23.3 Å². The quantitative estimate of drug-likeness (QED) is 0.494. The Bertz CT molecular complexity index is 1300. The molecule has 1 N–H and O–H groups in total. The van der Waals surface area contributed by atoms with Crippen LogP contribution < -0.4 is 21.3 Å². The highest BCUT2D eigenvalue weighted by Gasteiger charge is 2.16. The molecule has 160 valence electrons. The summed E-state index contributed by atoms with van der Waals surface area (Å²) in [6, 6.07) is 18.1. The van der Waals surface area contributed by atoms with Gasteiger partial charge in [0.15, 0.2) is 11.2 Å². The molecule has 2 aromatic carbocycles. The average molecular weight is 419 g/mol. The maximum absolute atomic E-state index is 12.6. The van der Waals surface area contributed by atoms with Gasteiger partial charge in [0.25, 0.3) is 5.56 Å². The van der Waals surface area contributed by atoms with Crippen LogP contribution in [0.15, 0.2) is 70.5 Å². The molecule has 0 aliphatic heterocycles. The van der Waals surface area contributed by atoms with Gasteiger partial charge in [0.1, 0.15) is 5.75 Å². The number of imidazole rings is 1. The third kappa shape index (κ3) is 3.89. The van der Waals surface area contributed by atoms with E-state index in [2.05, 4.69) is 22.4 Å². The van der Waals surface area contributed by atoms with Gasteiger partial charge in [-0.3, -0.25) is 13.9 Å². The highest BCUT2D eigenvalue weighted by atomic mass is 16.5. The molecule has 0 amide bonds. The summed E-state index contributed by atoms with van der Waals surface area (Å²) in [7, 11) is 4.75. The van der Waals surface area contributed by atoms with Crippen LogP contribution >= 0.6 is 0 Å². The number of nitrogens with one attached hydrogen (secondary N) is 1. The Labute approximate surface area is 179 Å². The number of benzene rings is 2. The van der Waals surface area contributed by atoms with Crippen molar-refractivity contribution < 1.29 is 4.74 Å². The molecule has 1 unspecified atom stereocenters. The van der Waals surface area contributed by atoms with Gasteiger partial charge in [-0.2, -0.15) is 0 Å². The summed E-state index contributed by atoms with van der Waals surface area (Å²) in [5, 5.41) is 3.59. The van der Waals surface area contributed by atoms with Gasteiger partial charge in [-0.1, -0.05) is 42.5 Å². The average Bonchev–Trinajstić information content (AvgIpc) is 3.24. The maximum Gasteiger partial charge on any atom is 0.332 e. The molecule has 2 heterocycles. The van der Waals surface area contributed by atoms with Gasteiger partial charge in [0, 0.05) is 27.2 Å². The van der Waals surface area contributed by atoms with Crippen molar-refractivity contribution in [3.05, 3.63) is 92.9 Å². The van der Waals surface area contributed by atoms with Gasteiger partial charge in [-0.25, -0.2) is 9.78 Å². The lowest BCUT2D eigenvalue weighted by Crippen LogP contribution is -2.37. The lowest BCUT2D eigenvalue weighted by atomic mass is 9.98. The number of ether oxygens (including phenoxy) is 1. The van der Waals surface area contributed by atoms with Crippen LogP contribution in [0.2, 0.25) is 0 Å². The molecule has 1 atom stereocenters. The minimum Gasteiger partial charge on any atom is -0.497 e. The molecule has 2 aromatic heterocycles. The highest BCUT2D eigenvalue weighted by molar-refractivity contribution is 5.69. The number of methoxy groups -OCH3 is 1. The first-order valence-electron chi connectivity index (χ1n) is 10.0. The van der Waals surface area contributed by atoms with Crippen LogP contribution in [-0.2, 0) is 20.6 Å². The van der Waals surface area contributed by atoms with E-state index in [0.29, 0.717) is 24.3 Å². The van der Waals surface area contributed by atoms with Crippen molar-refractivity contribution in [1.82, 2.24) is 24.0 Å². The Morgan fingerprint density at radius 2 is 1.65 bits per heavy atom. The fourth-order valence-electron chi connectivity index (χ4n) is 3.77. The monoisotopic (exact) mass is 419 g/mol. The van der Waals surface area contributed by atoms with Crippen molar-refractivity contribution in [2.75, 3.05) is 13.7 Å². The van der Waals surface area contributed by atoms with Crippen LogP contribution in [0.4, 0.5) is 0 Å². The number of hydrogen-bond acceptors (Lipinski definition) is 5. The normalized spacial score (nSPS) is 12.2. The predicted octanol–water partition coefficient (Wildman–Crippen LogP) is 1.82. The van der Waals surface area contributed by atoms with Crippen molar-refractivity contribution in [3.8, 4) is 5.75 Å². The molecular weight excluding hydrogens is 394 g/mol. The molecule has 0 bridgehead atoms. The van der Waals surface area contributed by atoms with Crippen molar-refractivity contribution in [1.29, 1.82) is 0 Å². The number of hydrogen-bond donors (Lipinski definition) is 1. The van der Waals surface area contributed by atoms with Crippen LogP contribution in [0, 0.1) is 0 Å². The van der Waals surface area contributed by atoms with Crippen molar-refractivity contribution >= 4 is 11.2 Å². The first-order valence-corrected chi connectivity index (χ1v) is 10.0. The van der Waals surface area contributed by atoms with E-state index in [4.69, 9.17) is 4.74 Å². The zero-order chi connectivity index (χ0) is 22.0. The molecule has 31 heavy (non-hydrogen) atoms. The van der Waals surface area contributed by atoms with Gasteiger partial charge >= 0.3 is 5.69 Å². The van der Waals surface area contributed by atoms with Crippen molar-refractivity contribution in [3.63, 3.8) is 0 Å². The molecule has 0 saturated carbocycles. The molecule has 4 rings (SSSR count). The molecule has 0 saturated heterocycles. The molecule has 4 aromatic rings. The van der Waals surface area contributed by atoms with Crippen LogP contribution in [-0.4, -0.2) is 32.3 Å². The SMILES string of the molecule is COc1ccc(C(NCCn2cnc3c2c(=O)n(C)c(=O)n3C)c2ccccc2)cc1. The number of aromatic nitrogens is 4. The second-order valence-corrected chi connectivity index (χ2v) is 7.39. The van der Waals surface area contributed by atoms with Gasteiger partial charge in [0.05, 0.1) is 19.5 Å². The summed E-state index contributed by atoms with van der Waals surface area (Å²) >= 11 is 0. The lowest BCUT2D eigenvalue weighted by Gasteiger charge is -2.20. The Balaban J connectivity index is 1.60. The summed E-state index contributed by atoms with van der Waals surface area (Å²) in [4.78, 5) is 29.1. The number of nitrogens with zero attached hydrogens (tertiary/aromatic N) is 4. The third-order valence-corrected chi connectivity index (χ3v) is 5.50. The standard InChI is InChI=1S/C23H25N5O3/c1-26-21-20(22(29)27(2)23(26)30)28(15-25-21)14-13-24-19(16-7-5-4-6-8-16)17-9-11-18(31-3)12-10-17/h4-12,15,19,24H,13-14H2,1-3H3. The number of aryl methyl sites for hydroxylation is 1. The Hall–Kier alpha value is -3.65. The van der Waals surface area contributed by atoms with Crippen LogP contribution in [0.5, 0.6) is 5.75 Å². The first-order chi connectivity index (χ1) is 15.0. The predicted molar refractivity (Wildman–Crippen MR) is 119 cm³/mol. The van der Waals surface area contributed by atoms with E-state index >= 15 is 0 Å². The molecule has 8 nitrogen and oxygen atoms in total. The smallest absolute Gasteiger partial charge is 0.332 e. The van der Waals surface area contributed by atoms with E-state index in [1.807, 2.05) is 42.5 Å². The second kappa shape index (κ2) is 8.61. The van der Waals surface area contributed by atoms with Crippen LogP contribution in [0.1, 0.15) is 17.2 Å². The van der Waals surface area contributed by atoms with E-state index < -0.39 is 0 Å². The van der Waals surface area contributed by atoms with Crippen molar-refractivity contribution in [2.45, 2.75) is 12.6 Å². The lowest BCUT2D eigenvalue weighted by molar-refractivity contribution is 0.414. The van der Waals surface area contributed by atoms with Gasteiger partial charge in [-0.15, -0.1) is 0 Å². The molecule has 0 spiro atoms. The Morgan fingerprint density at radius 1 is 0.968 bits per heavy atom. The number of fused-ring (bicyclic) bond motifs is 1. The minimum atomic E-state index is -0.385. The van der Waals surface area contributed by atoms with E-state index in [1.54, 1.807) is 25.1 Å². The van der Waals surface area contributed by atoms with Gasteiger partial charge in [0.2, 0.25) is 0 Å². The maximum atomic E-state index is 12.6. The largest absolute Gasteiger partial charge is 0.497 e. The summed E-state index contributed by atoms with van der Waals surface area (Å²) in [5.74, 6) is 0.807. The van der Waals surface area contributed by atoms with E-state index in [0.717, 1.165) is 21.4 Å². The first kappa shape index (κ1) is 20.6. The molecular formula is C23H25N5O3. The summed E-state index contributed by atoms with van der Waals surface area (Å²) in [5.41, 5.74) is 2.34. The number of rotatable bonds is 7. The van der Waals surface area contributed by atoms with Crippen LogP contribution in [0.25, 0.3) is 11.2 Å². The highest BCUT2D eigenvalue weighted by Crippen LogP contribution is 2.24. The fourth-order valence-corrected chi connectivity index (χ4v) is 3.77. The van der Waals surface area contributed by atoms with E-state index in [9.17, 15) is 9.59 Å². The molecule has 0 aliphatic carbocycles. The zero-order valence-electron chi connectivity index (χ0n) is 17.8. The summed E-state index contributed by atoms with van der Waals surface area (Å²) in [6.45, 7) is 1.13. The fraction of sp³-hybridized carbons (Fsp3) is 0.261. The van der Waals surface area contributed by atoms with E-state index in [1.165, 1.54) is 11.6 Å². The molecule has 0 fully saturated rings. The third-order valence-electron chi connectivity index (χ3n) is 5.50. The summed E-state index contributed by atoms with van der Waals surface area (Å²) < 4.78 is 9.57. The van der Waals surface area contributed by atoms with Crippen LogP contribution in [0.3, 0.4) is 0 Å². The zero-order valence-corrected chi connectivity index (χ0v) is 17.8. The Morgan fingerprint density at radius 3 is 2.32 bits per heavy atom. The van der Waals surface area contributed by atoms with E-state index in [-0.39, 0.29) is 17.3 Å².